The van der Waals surface area contributed by atoms with Crippen LogP contribution in [0.2, 0.25) is 0 Å². The number of fused-ring (bicyclic) bond motifs is 1. The lowest BCUT2D eigenvalue weighted by molar-refractivity contribution is -0.122. The number of nitrogens with zero attached hydrogens (tertiary/aromatic N) is 3. The van der Waals surface area contributed by atoms with Gasteiger partial charge in [0.15, 0.2) is 5.65 Å². The largest absolute Gasteiger partial charge is 0.396 e. The number of rotatable bonds is 7. The molecular formula is C18H20N4O3. The van der Waals surface area contributed by atoms with Gasteiger partial charge in [-0.2, -0.15) is 0 Å². The first kappa shape index (κ1) is 16.9. The molecule has 2 N–H and O–H groups in total. The molecule has 25 heavy (non-hydrogen) atoms. The van der Waals surface area contributed by atoms with Gasteiger partial charge >= 0.3 is 5.69 Å². The number of aryl methyl sites for hydroxylation is 1. The zero-order chi connectivity index (χ0) is 17.6. The van der Waals surface area contributed by atoms with Gasteiger partial charge in [0.1, 0.15) is 0 Å². The van der Waals surface area contributed by atoms with E-state index in [1.807, 2.05) is 30.3 Å². The quantitative estimate of drug-likeness (QED) is 0.675. The molecule has 0 radical (unpaired) electrons. The average Bonchev–Trinajstić information content (AvgIpc) is 2.97. The van der Waals surface area contributed by atoms with Crippen LogP contribution < -0.4 is 11.0 Å². The Bertz CT molecular complexity index is 901. The van der Waals surface area contributed by atoms with Crippen molar-refractivity contribution in [1.29, 1.82) is 0 Å². The summed E-state index contributed by atoms with van der Waals surface area (Å²) < 4.78 is 2.73. The van der Waals surface area contributed by atoms with Crippen LogP contribution in [-0.4, -0.2) is 31.8 Å². The monoisotopic (exact) mass is 340 g/mol. The molecule has 3 rings (SSSR count). The van der Waals surface area contributed by atoms with Crippen molar-refractivity contribution in [2.24, 2.45) is 0 Å². The summed E-state index contributed by atoms with van der Waals surface area (Å²) in [6, 6.07) is 14.5. The fourth-order valence-electron chi connectivity index (χ4n) is 2.72. The summed E-state index contributed by atoms with van der Waals surface area (Å²) in [4.78, 5) is 24.4. The first-order valence-corrected chi connectivity index (χ1v) is 8.18. The van der Waals surface area contributed by atoms with Gasteiger partial charge in [-0.1, -0.05) is 36.4 Å². The van der Waals surface area contributed by atoms with Crippen LogP contribution in [0.3, 0.4) is 0 Å². The molecule has 7 heteroatoms. The number of pyridine rings is 1. The van der Waals surface area contributed by atoms with Crippen LogP contribution in [0, 0.1) is 0 Å². The normalized spacial score (nSPS) is 12.2. The molecule has 1 amide bonds. The van der Waals surface area contributed by atoms with Gasteiger partial charge in [0.2, 0.25) is 5.91 Å². The third-order valence-electron chi connectivity index (χ3n) is 3.99. The number of benzene rings is 1. The lowest BCUT2D eigenvalue weighted by Gasteiger charge is -2.18. The summed E-state index contributed by atoms with van der Waals surface area (Å²) in [7, 11) is 0. The summed E-state index contributed by atoms with van der Waals surface area (Å²) in [5.74, 6) is -0.189. The van der Waals surface area contributed by atoms with E-state index >= 15 is 0 Å². The SMILES string of the molecule is O=C(CCn1nc2ccccn2c1=O)NC(CCO)c1ccccc1. The highest BCUT2D eigenvalue weighted by Gasteiger charge is 2.15. The third kappa shape index (κ3) is 3.95. The minimum atomic E-state index is -0.265. The van der Waals surface area contributed by atoms with E-state index in [-0.39, 0.29) is 37.2 Å². The van der Waals surface area contributed by atoms with Gasteiger partial charge in [-0.3, -0.25) is 9.20 Å². The molecule has 1 unspecified atom stereocenters. The molecule has 1 aromatic carbocycles. The van der Waals surface area contributed by atoms with Gasteiger partial charge in [0, 0.05) is 19.2 Å². The predicted octanol–water partition coefficient (Wildman–Crippen LogP) is 1.13. The van der Waals surface area contributed by atoms with E-state index in [9.17, 15) is 14.7 Å². The smallest absolute Gasteiger partial charge is 0.350 e. The van der Waals surface area contributed by atoms with Gasteiger partial charge < -0.3 is 10.4 Å². The molecule has 0 spiro atoms. The maximum Gasteiger partial charge on any atom is 0.350 e. The molecule has 3 aromatic rings. The van der Waals surface area contributed by atoms with Crippen molar-refractivity contribution in [3.63, 3.8) is 0 Å². The first-order valence-electron chi connectivity index (χ1n) is 8.18. The van der Waals surface area contributed by atoms with Crippen molar-refractivity contribution in [3.8, 4) is 0 Å². The number of aliphatic hydroxyl groups excluding tert-OH is 1. The molecule has 7 nitrogen and oxygen atoms in total. The summed E-state index contributed by atoms with van der Waals surface area (Å²) in [6.45, 7) is 0.179. The van der Waals surface area contributed by atoms with Crippen LogP contribution in [0.1, 0.15) is 24.4 Å². The van der Waals surface area contributed by atoms with E-state index in [0.29, 0.717) is 12.1 Å². The zero-order valence-electron chi connectivity index (χ0n) is 13.7. The summed E-state index contributed by atoms with van der Waals surface area (Å²) in [5.41, 5.74) is 1.23. The molecule has 0 saturated heterocycles. The number of nitrogens with one attached hydrogen (secondary N) is 1. The van der Waals surface area contributed by atoms with E-state index in [2.05, 4.69) is 10.4 Å². The Kier molecular flexibility index (Phi) is 5.25. The molecule has 1 atom stereocenters. The Morgan fingerprint density at radius 1 is 1.16 bits per heavy atom. The Morgan fingerprint density at radius 2 is 1.92 bits per heavy atom. The first-order chi connectivity index (χ1) is 12.2. The number of hydrogen-bond acceptors (Lipinski definition) is 4. The minimum Gasteiger partial charge on any atom is -0.396 e. The maximum absolute atomic E-state index is 12.3. The summed E-state index contributed by atoms with van der Waals surface area (Å²) in [5, 5.41) is 16.3. The van der Waals surface area contributed by atoms with Crippen LogP contribution in [0.25, 0.3) is 5.65 Å². The summed E-state index contributed by atoms with van der Waals surface area (Å²) >= 11 is 0. The second kappa shape index (κ2) is 7.76. The van der Waals surface area contributed by atoms with Crippen molar-refractivity contribution >= 4 is 11.6 Å². The molecule has 0 fully saturated rings. The van der Waals surface area contributed by atoms with E-state index in [1.165, 1.54) is 9.08 Å². The van der Waals surface area contributed by atoms with Crippen molar-refractivity contribution in [1.82, 2.24) is 19.5 Å². The van der Waals surface area contributed by atoms with Crippen LogP contribution in [0.15, 0.2) is 59.5 Å². The zero-order valence-corrected chi connectivity index (χ0v) is 13.7. The average molecular weight is 340 g/mol. The van der Waals surface area contributed by atoms with E-state index in [0.717, 1.165) is 5.56 Å². The van der Waals surface area contributed by atoms with Crippen LogP contribution in [-0.2, 0) is 11.3 Å². The lowest BCUT2D eigenvalue weighted by Crippen LogP contribution is -2.31. The van der Waals surface area contributed by atoms with Gasteiger partial charge in [0.05, 0.1) is 12.6 Å². The fraction of sp³-hybridized carbons (Fsp3) is 0.278. The minimum absolute atomic E-state index is 0.0221. The van der Waals surface area contributed by atoms with Crippen molar-refractivity contribution in [2.75, 3.05) is 6.61 Å². The number of aliphatic hydroxyl groups is 1. The van der Waals surface area contributed by atoms with Crippen LogP contribution >= 0.6 is 0 Å². The van der Waals surface area contributed by atoms with Crippen LogP contribution in [0.4, 0.5) is 0 Å². The molecule has 0 aliphatic heterocycles. The Hall–Kier alpha value is -2.93. The van der Waals surface area contributed by atoms with Crippen molar-refractivity contribution < 1.29 is 9.90 Å². The highest BCUT2D eigenvalue weighted by Crippen LogP contribution is 2.16. The topological polar surface area (TPSA) is 88.6 Å². The van der Waals surface area contributed by atoms with Crippen LogP contribution in [0.5, 0.6) is 0 Å². The van der Waals surface area contributed by atoms with E-state index < -0.39 is 0 Å². The third-order valence-corrected chi connectivity index (χ3v) is 3.99. The molecule has 0 bridgehead atoms. The second-order valence-corrected chi connectivity index (χ2v) is 5.73. The molecule has 130 valence electrons. The Labute approximate surface area is 144 Å². The molecule has 2 heterocycles. The van der Waals surface area contributed by atoms with Gasteiger partial charge in [-0.15, -0.1) is 5.10 Å². The van der Waals surface area contributed by atoms with E-state index in [1.54, 1.807) is 24.4 Å². The molecular weight excluding hydrogens is 320 g/mol. The maximum atomic E-state index is 12.3. The number of carbonyl (C=O) groups is 1. The molecule has 2 aromatic heterocycles. The Morgan fingerprint density at radius 3 is 2.64 bits per heavy atom. The van der Waals surface area contributed by atoms with Gasteiger partial charge in [-0.25, -0.2) is 9.48 Å². The molecule has 0 aliphatic rings. The molecule has 0 aliphatic carbocycles. The number of hydrogen-bond donors (Lipinski definition) is 2. The second-order valence-electron chi connectivity index (χ2n) is 5.73. The van der Waals surface area contributed by atoms with Gasteiger partial charge in [-0.05, 0) is 24.1 Å². The van der Waals surface area contributed by atoms with Crippen molar-refractivity contribution in [2.45, 2.75) is 25.4 Å². The lowest BCUT2D eigenvalue weighted by atomic mass is 10.0. The van der Waals surface area contributed by atoms with Crippen molar-refractivity contribution in [3.05, 3.63) is 70.8 Å². The standard InChI is InChI=1S/C18H20N4O3/c23-13-10-15(14-6-2-1-3-7-14)19-17(24)9-12-22-18(25)21-11-5-4-8-16(21)20-22/h1-8,11,15,23H,9-10,12-13H2,(H,19,24). The highest BCUT2D eigenvalue weighted by atomic mass is 16.3. The molecule has 0 saturated carbocycles. The fourth-order valence-corrected chi connectivity index (χ4v) is 2.72. The van der Waals surface area contributed by atoms with Gasteiger partial charge in [0.25, 0.3) is 0 Å². The Balaban J connectivity index is 1.65. The number of aromatic nitrogens is 3. The number of amides is 1. The number of carbonyl (C=O) groups excluding carboxylic acids is 1. The highest BCUT2D eigenvalue weighted by molar-refractivity contribution is 5.76. The summed E-state index contributed by atoms with van der Waals surface area (Å²) in [6.07, 6.45) is 2.22. The van der Waals surface area contributed by atoms with E-state index in [4.69, 9.17) is 0 Å². The predicted molar refractivity (Wildman–Crippen MR) is 93.1 cm³/mol.